The Hall–Kier alpha value is -1.65. The molecule has 0 fully saturated rings. The molecule has 18 heavy (non-hydrogen) atoms. The van der Waals surface area contributed by atoms with Gasteiger partial charge in [0.25, 0.3) is 0 Å². The van der Waals surface area contributed by atoms with Gasteiger partial charge in [-0.25, -0.2) is 4.79 Å². The lowest BCUT2D eigenvalue weighted by molar-refractivity contribution is -0.164. The summed E-state index contributed by atoms with van der Waals surface area (Å²) in [5, 5.41) is 8.46. The van der Waals surface area contributed by atoms with Crippen LogP contribution in [0.25, 0.3) is 0 Å². The highest BCUT2D eigenvalue weighted by atomic mass is 19.3. The van der Waals surface area contributed by atoms with Crippen molar-refractivity contribution in [1.82, 2.24) is 0 Å². The lowest BCUT2D eigenvalue weighted by Crippen LogP contribution is -2.31. The molecule has 1 aromatic rings. The molecular formula is C13H16F2O3. The molecule has 0 aliphatic rings. The Labute approximate surface area is 104 Å². The standard InChI is InChI=1S/C13H16F2O3/c1-7-5-10(6-13(14,15)12(16)17)8(2)9(3)11(7)18-4/h5H,6H2,1-4H3,(H,16,17). The topological polar surface area (TPSA) is 46.5 Å². The molecule has 0 spiro atoms. The predicted octanol–water partition coefficient (Wildman–Crippen LogP) is 2.88. The molecule has 3 nitrogen and oxygen atoms in total. The Morgan fingerprint density at radius 2 is 1.89 bits per heavy atom. The fourth-order valence-electron chi connectivity index (χ4n) is 1.95. The second-order valence-corrected chi connectivity index (χ2v) is 4.32. The fraction of sp³-hybridized carbons (Fsp3) is 0.462. The lowest BCUT2D eigenvalue weighted by Gasteiger charge is -2.18. The van der Waals surface area contributed by atoms with Crippen LogP contribution >= 0.6 is 0 Å². The van der Waals surface area contributed by atoms with Crippen molar-refractivity contribution in [3.8, 4) is 5.75 Å². The first-order valence-electron chi connectivity index (χ1n) is 5.45. The summed E-state index contributed by atoms with van der Waals surface area (Å²) in [6.07, 6.45) is -0.806. The van der Waals surface area contributed by atoms with Crippen LogP contribution in [0.5, 0.6) is 5.75 Å². The summed E-state index contributed by atoms with van der Waals surface area (Å²) in [5.74, 6) is -5.21. The van der Waals surface area contributed by atoms with Gasteiger partial charge in [-0.05, 0) is 43.0 Å². The van der Waals surface area contributed by atoms with E-state index in [0.717, 1.165) is 11.1 Å². The van der Waals surface area contributed by atoms with Crippen LogP contribution in [-0.4, -0.2) is 24.1 Å². The summed E-state index contributed by atoms with van der Waals surface area (Å²) in [6.45, 7) is 5.20. The van der Waals surface area contributed by atoms with E-state index in [9.17, 15) is 13.6 Å². The quantitative estimate of drug-likeness (QED) is 0.903. The average molecular weight is 258 g/mol. The Kier molecular flexibility index (Phi) is 3.94. The Morgan fingerprint density at radius 3 is 2.33 bits per heavy atom. The summed E-state index contributed by atoms with van der Waals surface area (Å²) in [4.78, 5) is 10.5. The Balaban J connectivity index is 3.24. The molecule has 0 aliphatic heterocycles. The molecule has 0 aliphatic carbocycles. The molecule has 0 atom stereocenters. The van der Waals surface area contributed by atoms with Crippen molar-refractivity contribution in [2.45, 2.75) is 33.1 Å². The van der Waals surface area contributed by atoms with E-state index in [1.54, 1.807) is 26.8 Å². The van der Waals surface area contributed by atoms with E-state index >= 15 is 0 Å². The van der Waals surface area contributed by atoms with E-state index in [-0.39, 0.29) is 0 Å². The van der Waals surface area contributed by atoms with Gasteiger partial charge in [0.05, 0.1) is 7.11 Å². The second kappa shape index (κ2) is 4.92. The summed E-state index contributed by atoms with van der Waals surface area (Å²) in [5.41, 5.74) is 2.45. The number of rotatable bonds is 4. The number of benzene rings is 1. The van der Waals surface area contributed by atoms with Gasteiger partial charge in [-0.1, -0.05) is 6.07 Å². The smallest absolute Gasteiger partial charge is 0.374 e. The zero-order chi connectivity index (χ0) is 14.1. The van der Waals surface area contributed by atoms with E-state index in [1.807, 2.05) is 0 Å². The van der Waals surface area contributed by atoms with Gasteiger partial charge in [0.15, 0.2) is 0 Å². The summed E-state index contributed by atoms with van der Waals surface area (Å²) < 4.78 is 31.6. The maximum absolute atomic E-state index is 13.2. The van der Waals surface area contributed by atoms with Crippen LogP contribution in [0.15, 0.2) is 6.07 Å². The van der Waals surface area contributed by atoms with Crippen LogP contribution in [0.2, 0.25) is 0 Å². The number of carboxylic acids is 1. The molecule has 1 aromatic carbocycles. The van der Waals surface area contributed by atoms with Gasteiger partial charge in [0.2, 0.25) is 0 Å². The molecule has 0 aromatic heterocycles. The van der Waals surface area contributed by atoms with Crippen LogP contribution in [0.1, 0.15) is 22.3 Å². The van der Waals surface area contributed by atoms with Crippen molar-refractivity contribution in [2.24, 2.45) is 0 Å². The number of carbonyl (C=O) groups is 1. The number of aliphatic carboxylic acids is 1. The first kappa shape index (κ1) is 14.4. The third-order valence-electron chi connectivity index (χ3n) is 3.06. The van der Waals surface area contributed by atoms with Crippen molar-refractivity contribution in [3.05, 3.63) is 28.3 Å². The van der Waals surface area contributed by atoms with Crippen LogP contribution in [-0.2, 0) is 11.2 Å². The van der Waals surface area contributed by atoms with E-state index in [1.165, 1.54) is 7.11 Å². The number of ether oxygens (including phenoxy) is 1. The van der Waals surface area contributed by atoms with E-state index < -0.39 is 18.3 Å². The van der Waals surface area contributed by atoms with Gasteiger partial charge < -0.3 is 9.84 Å². The van der Waals surface area contributed by atoms with Crippen molar-refractivity contribution >= 4 is 5.97 Å². The normalized spacial score (nSPS) is 11.4. The number of halogens is 2. The number of hydrogen-bond donors (Lipinski definition) is 1. The van der Waals surface area contributed by atoms with E-state index in [2.05, 4.69) is 0 Å². The highest BCUT2D eigenvalue weighted by Crippen LogP contribution is 2.31. The van der Waals surface area contributed by atoms with Crippen LogP contribution in [0.4, 0.5) is 8.78 Å². The highest BCUT2D eigenvalue weighted by Gasteiger charge is 2.39. The third-order valence-corrected chi connectivity index (χ3v) is 3.06. The zero-order valence-corrected chi connectivity index (χ0v) is 10.8. The summed E-state index contributed by atoms with van der Waals surface area (Å²) in [6, 6.07) is 1.55. The number of carboxylic acid groups (broad SMARTS) is 1. The van der Waals surface area contributed by atoms with E-state index in [0.29, 0.717) is 16.9 Å². The van der Waals surface area contributed by atoms with Crippen LogP contribution in [0.3, 0.4) is 0 Å². The molecule has 0 amide bonds. The van der Waals surface area contributed by atoms with Gasteiger partial charge in [0, 0.05) is 6.42 Å². The zero-order valence-electron chi connectivity index (χ0n) is 10.8. The van der Waals surface area contributed by atoms with E-state index in [4.69, 9.17) is 9.84 Å². The van der Waals surface area contributed by atoms with Crippen molar-refractivity contribution < 1.29 is 23.4 Å². The van der Waals surface area contributed by atoms with Gasteiger partial charge >= 0.3 is 11.9 Å². The van der Waals surface area contributed by atoms with Crippen LogP contribution in [0, 0.1) is 20.8 Å². The van der Waals surface area contributed by atoms with Gasteiger partial charge in [-0.15, -0.1) is 0 Å². The third kappa shape index (κ3) is 2.60. The molecule has 0 saturated carbocycles. The van der Waals surface area contributed by atoms with Crippen molar-refractivity contribution in [3.63, 3.8) is 0 Å². The van der Waals surface area contributed by atoms with Crippen molar-refractivity contribution in [1.29, 1.82) is 0 Å². The molecule has 0 bridgehead atoms. The SMILES string of the molecule is COc1c(C)cc(CC(F)(F)C(=O)O)c(C)c1C. The highest BCUT2D eigenvalue weighted by molar-refractivity contribution is 5.75. The summed E-state index contributed by atoms with van der Waals surface area (Å²) >= 11 is 0. The molecule has 5 heteroatoms. The molecule has 1 N–H and O–H groups in total. The van der Waals surface area contributed by atoms with Gasteiger partial charge in [-0.2, -0.15) is 8.78 Å². The molecule has 0 radical (unpaired) electrons. The first-order valence-corrected chi connectivity index (χ1v) is 5.45. The maximum atomic E-state index is 13.2. The van der Waals surface area contributed by atoms with Gasteiger partial charge in [-0.3, -0.25) is 0 Å². The average Bonchev–Trinajstić information content (AvgIpc) is 2.25. The Morgan fingerprint density at radius 1 is 1.33 bits per heavy atom. The monoisotopic (exact) mass is 258 g/mol. The number of hydrogen-bond acceptors (Lipinski definition) is 2. The largest absolute Gasteiger partial charge is 0.496 e. The number of alkyl halides is 2. The first-order chi connectivity index (χ1) is 8.20. The maximum Gasteiger partial charge on any atom is 0.374 e. The number of methoxy groups -OCH3 is 1. The molecule has 100 valence electrons. The molecular weight excluding hydrogens is 242 g/mol. The molecule has 0 unspecified atom stereocenters. The second-order valence-electron chi connectivity index (χ2n) is 4.32. The van der Waals surface area contributed by atoms with Gasteiger partial charge in [0.1, 0.15) is 5.75 Å². The Bertz CT molecular complexity index is 482. The van der Waals surface area contributed by atoms with Crippen LogP contribution < -0.4 is 4.74 Å². The van der Waals surface area contributed by atoms with Crippen molar-refractivity contribution in [2.75, 3.05) is 7.11 Å². The minimum Gasteiger partial charge on any atom is -0.496 e. The minimum atomic E-state index is -3.75. The summed E-state index contributed by atoms with van der Waals surface area (Å²) in [7, 11) is 1.51. The molecule has 0 heterocycles. The lowest BCUT2D eigenvalue weighted by atomic mass is 9.94. The fourth-order valence-corrected chi connectivity index (χ4v) is 1.95. The predicted molar refractivity (Wildman–Crippen MR) is 63.5 cm³/mol. The number of aryl methyl sites for hydroxylation is 1. The molecule has 1 rings (SSSR count). The molecule has 0 saturated heterocycles. The minimum absolute atomic E-state index is 0.332.